The molecule has 3 aromatic heterocycles. The predicted molar refractivity (Wildman–Crippen MR) is 530 cm³/mol. The molecule has 11 atom stereocenters. The number of terminal acetylenes is 1. The zero-order valence-corrected chi connectivity index (χ0v) is 79.9. The molecular formula is C90H44BrCl2N7P16. The van der Waals surface area contributed by atoms with Crippen LogP contribution in [0.5, 0.6) is 0 Å². The van der Waals surface area contributed by atoms with Crippen LogP contribution in [-0.4, -0.2) is 43.0 Å². The summed E-state index contributed by atoms with van der Waals surface area (Å²) in [5, 5.41) is 3.84. The highest BCUT2D eigenvalue weighted by Crippen LogP contribution is 3.24. The SMILES string of the molecule is C#CC#CC#CC#CC#CC#CC#CC#CC#CC#CC#CC#CC#CC#CC#CC#CC#CC#CC#CC#CC#CC#CC#CC#CC#CC#CC#CC#CC#CC#CC#CC#CC#CC#CC.Clc1ncc(Br)cn1.Clc1ncc(C2CC2)cn1.PP(P)P(P)P(P(P)P)P(P(P)P)P(P)P.c1nc(C2CNC2)ncc1C1CC1. The van der Waals surface area contributed by atoms with E-state index in [1.54, 1.807) is 19.3 Å². The normalized spacial score (nSPS) is 9.35. The number of rotatable bonds is 9. The lowest BCUT2D eigenvalue weighted by Crippen LogP contribution is -2.40. The van der Waals surface area contributed by atoms with Crippen molar-refractivity contribution >= 4 is 168 Å². The Balaban J connectivity index is 0.000000749. The first-order chi connectivity index (χ1) is 56.7. The van der Waals surface area contributed by atoms with E-state index in [1.807, 2.05) is 24.8 Å². The van der Waals surface area contributed by atoms with E-state index in [4.69, 9.17) is 29.6 Å². The van der Waals surface area contributed by atoms with Crippen LogP contribution in [0.15, 0.2) is 41.7 Å². The first-order valence-electron chi connectivity index (χ1n) is 31.0. The lowest BCUT2D eigenvalue weighted by atomic mass is 10.0. The quantitative estimate of drug-likeness (QED) is 0.130. The highest BCUT2D eigenvalue weighted by molar-refractivity contribution is 9.30. The molecule has 1 saturated heterocycles. The maximum atomic E-state index is 5.51. The van der Waals surface area contributed by atoms with Crippen molar-refractivity contribution < 1.29 is 0 Å². The molecule has 6 rings (SSSR count). The van der Waals surface area contributed by atoms with Gasteiger partial charge < -0.3 is 5.32 Å². The van der Waals surface area contributed by atoms with E-state index in [2.05, 4.69) is 528 Å². The molecule has 11 unspecified atom stereocenters. The molecule has 3 aliphatic rings. The number of halogens is 3. The van der Waals surface area contributed by atoms with Crippen LogP contribution in [0, 0.1) is 403 Å². The Morgan fingerprint density at radius 1 is 0.293 bits per heavy atom. The fraction of sp³-hybridized carbons (Fsp3) is 0.111. The summed E-state index contributed by atoms with van der Waals surface area (Å²) in [7, 11) is 27.8. The third-order valence-electron chi connectivity index (χ3n) is 10.6. The van der Waals surface area contributed by atoms with Crippen LogP contribution in [0.1, 0.15) is 67.3 Å². The van der Waals surface area contributed by atoms with Crippen LogP contribution in [-0.2, 0) is 0 Å². The van der Waals surface area contributed by atoms with Gasteiger partial charge in [-0.2, -0.15) is 0 Å². The van der Waals surface area contributed by atoms with Crippen molar-refractivity contribution in [3.05, 3.63) is 69.2 Å². The number of nitrogens with one attached hydrogen (secondary N) is 1. The van der Waals surface area contributed by atoms with Crippen molar-refractivity contribution in [2.24, 2.45) is 0 Å². The van der Waals surface area contributed by atoms with Gasteiger partial charge in [-0.05, 0) is 238 Å². The van der Waals surface area contributed by atoms with Crippen LogP contribution in [0.3, 0.4) is 0 Å². The minimum absolute atomic E-state index is 0.0635. The summed E-state index contributed by atoms with van der Waals surface area (Å²) < 4.78 is 0.835. The molecule has 2 saturated carbocycles. The second kappa shape index (κ2) is 74.0. The molecule has 0 spiro atoms. The minimum Gasteiger partial charge on any atom is -0.315 e. The zero-order valence-electron chi connectivity index (χ0n) is 60.2. The van der Waals surface area contributed by atoms with Crippen molar-refractivity contribution in [3.63, 3.8) is 0 Å². The lowest BCUT2D eigenvalue weighted by molar-refractivity contribution is 0.429. The Bertz CT molecular complexity index is 6520. The summed E-state index contributed by atoms with van der Waals surface area (Å²) in [6.45, 7) is 4.51. The first-order valence-corrected chi connectivity index (χ1v) is 60.8. The van der Waals surface area contributed by atoms with Crippen LogP contribution < -0.4 is 5.32 Å². The monoisotopic (exact) mass is 1870 g/mol. The van der Waals surface area contributed by atoms with Gasteiger partial charge >= 0.3 is 0 Å². The largest absolute Gasteiger partial charge is 0.315 e. The van der Waals surface area contributed by atoms with Gasteiger partial charge in [-0.1, -0.05) is 5.92 Å². The molecule has 7 nitrogen and oxygen atoms in total. The number of aromatic nitrogens is 6. The molecule has 3 fully saturated rings. The van der Waals surface area contributed by atoms with Gasteiger partial charge in [0.2, 0.25) is 10.6 Å². The molecule has 0 radical (unpaired) electrons. The fourth-order valence-corrected chi connectivity index (χ4v) is 170. The van der Waals surface area contributed by atoms with Gasteiger partial charge in [0.05, 0.1) is 4.47 Å². The molecule has 116 heavy (non-hydrogen) atoms. The Hall–Kier alpha value is -9.82. The summed E-state index contributed by atoms with van der Waals surface area (Å²) in [6.07, 6.45) is 21.0. The molecule has 3 aromatic rings. The summed E-state index contributed by atoms with van der Waals surface area (Å²) >= 11 is 14.0. The van der Waals surface area contributed by atoms with E-state index in [-0.39, 0.29) is 54.2 Å². The van der Waals surface area contributed by atoms with Crippen LogP contribution in [0.2, 0.25) is 10.6 Å². The number of hydrogen-bond acceptors (Lipinski definition) is 7. The van der Waals surface area contributed by atoms with Gasteiger partial charge in [0.1, 0.15) is 5.82 Å². The molecule has 1 aliphatic heterocycles. The Morgan fingerprint density at radius 2 is 0.491 bits per heavy atom. The second-order valence-electron chi connectivity index (χ2n) is 18.6. The second-order valence-corrected chi connectivity index (χ2v) is 82.0. The summed E-state index contributed by atoms with van der Waals surface area (Å²) in [6, 6.07) is 0. The van der Waals surface area contributed by atoms with E-state index < -0.39 is 0 Å². The average Bonchev–Trinajstić information content (AvgIpc) is 1.50. The maximum absolute atomic E-state index is 5.51. The maximum Gasteiger partial charge on any atom is 0.222 e. The Labute approximate surface area is 732 Å². The van der Waals surface area contributed by atoms with Crippen molar-refractivity contribution in [1.82, 2.24) is 35.2 Å². The predicted octanol–water partition coefficient (Wildman–Crippen LogP) is 14.7. The van der Waals surface area contributed by atoms with Gasteiger partial charge in [0, 0.05) is 352 Å². The molecular weight excluding hydrogens is 1830 g/mol. The molecule has 4 heterocycles. The zero-order chi connectivity index (χ0) is 84.0. The number of nitrogens with zero attached hydrogens (tertiary/aromatic N) is 6. The van der Waals surface area contributed by atoms with E-state index in [9.17, 15) is 0 Å². The smallest absolute Gasteiger partial charge is 0.222 e. The summed E-state index contributed by atoms with van der Waals surface area (Å²) in [5.74, 6) is 170. The van der Waals surface area contributed by atoms with E-state index >= 15 is 0 Å². The average molecular weight is 1870 g/mol. The third-order valence-corrected chi connectivity index (χ3v) is 107. The standard InChI is InChI=1S/C69H4.C10H13N3.C7H7ClN2.C4H2BrClN2.H18P16/c1-3-5-7-9-11-13-15-17-19-21-23-25-27-29-31-33-35-37-39-41-43-45-47-49-51-53-55-57-59-61-63-65-67-69-68-66-64-62-60-58-56-54-52-50-48-46-44-42-40-38-36-34-32-30-28-26-24-22-20-18-16-14-12-10-8-6-4-2;1-2-7(1)8-5-12-10(13-6-8)9-3-11-4-9;8-7-9-3-6(4-10-7)5-1-2-5;5-3-1-7-4(6)8-2-3;1-10(2)14(9)16(13(7)8)15(11(3)4)12(5)6/h1H,2H3;5-7,9,11H,1-4H2;3-5H,1-2H2;1-2H;1-9H2. The Morgan fingerprint density at radius 3 is 0.655 bits per heavy atom. The third kappa shape index (κ3) is 61.6. The molecule has 1 N–H and O–H groups in total. The molecule has 0 bridgehead atoms. The van der Waals surface area contributed by atoms with Crippen LogP contribution in [0.25, 0.3) is 0 Å². The number of hydrogen-bond donors (Lipinski definition) is 1. The van der Waals surface area contributed by atoms with Gasteiger partial charge in [0.15, 0.2) is 0 Å². The van der Waals surface area contributed by atoms with E-state index in [0.717, 1.165) is 35.2 Å². The van der Waals surface area contributed by atoms with Crippen LogP contribution >= 0.6 is 168 Å². The van der Waals surface area contributed by atoms with Gasteiger partial charge in [-0.3, -0.25) is 0 Å². The molecule has 26 heteroatoms. The molecule has 540 valence electrons. The highest BCUT2D eigenvalue weighted by Gasteiger charge is 2.36. The van der Waals surface area contributed by atoms with Crippen LogP contribution in [0.4, 0.5) is 0 Å². The van der Waals surface area contributed by atoms with E-state index in [0.29, 0.717) is 11.2 Å². The highest BCUT2D eigenvalue weighted by atomic mass is 79.9. The molecule has 0 aromatic carbocycles. The summed E-state index contributed by atoms with van der Waals surface area (Å²) in [5.41, 5.74) is 2.56. The topological polar surface area (TPSA) is 89.4 Å². The van der Waals surface area contributed by atoms with Crippen molar-refractivity contribution in [1.29, 1.82) is 0 Å². The van der Waals surface area contributed by atoms with E-state index in [1.165, 1.54) is 36.8 Å². The van der Waals surface area contributed by atoms with Crippen molar-refractivity contribution in [2.75, 3.05) is 13.1 Å². The lowest BCUT2D eigenvalue weighted by Gasteiger charge is -2.40. The van der Waals surface area contributed by atoms with Crippen molar-refractivity contribution in [2.45, 2.75) is 50.4 Å². The van der Waals surface area contributed by atoms with Gasteiger partial charge in [-0.25, -0.2) is 29.9 Å². The van der Waals surface area contributed by atoms with Gasteiger partial charge in [0.25, 0.3) is 0 Å². The fourth-order valence-electron chi connectivity index (χ4n) is 5.65. The first kappa shape index (κ1) is 102. The summed E-state index contributed by atoms with van der Waals surface area (Å²) in [4.78, 5) is 24.0. The Kier molecular flexibility index (Phi) is 65.3. The van der Waals surface area contributed by atoms with Gasteiger partial charge in [-0.15, -0.1) is 86.8 Å². The van der Waals surface area contributed by atoms with Crippen molar-refractivity contribution in [3.8, 4) is 403 Å². The molecule has 0 amide bonds. The molecule has 2 aliphatic carbocycles. The minimum atomic E-state index is 0.0635.